The number of carbonyl (C=O) groups excluding carboxylic acids is 1. The number of carbonyl (C=O) groups is 1. The number of pyridine rings is 1. The minimum atomic E-state index is -0.368. The van der Waals surface area contributed by atoms with Crippen LogP contribution in [-0.2, 0) is 11.3 Å². The van der Waals surface area contributed by atoms with Gasteiger partial charge in [-0.25, -0.2) is 9.37 Å². The van der Waals surface area contributed by atoms with Crippen LogP contribution in [-0.4, -0.2) is 28.7 Å². The van der Waals surface area contributed by atoms with E-state index in [0.717, 1.165) is 26.7 Å². The van der Waals surface area contributed by atoms with Crippen LogP contribution in [0.25, 0.3) is 32.4 Å². The number of benzene rings is 3. The third-order valence-electron chi connectivity index (χ3n) is 5.52. The maximum Gasteiger partial charge on any atom is 0.280 e. The quantitative estimate of drug-likeness (QED) is 0.293. The van der Waals surface area contributed by atoms with Crippen molar-refractivity contribution in [1.29, 1.82) is 0 Å². The summed E-state index contributed by atoms with van der Waals surface area (Å²) in [6.07, 6.45) is 0. The zero-order valence-corrected chi connectivity index (χ0v) is 19.4. The molecule has 0 spiro atoms. The van der Waals surface area contributed by atoms with E-state index in [0.29, 0.717) is 35.8 Å². The molecular formula is C27H22FN3O2S. The van der Waals surface area contributed by atoms with E-state index in [-0.39, 0.29) is 11.7 Å². The third-order valence-corrected chi connectivity index (χ3v) is 6.56. The molecule has 0 saturated heterocycles. The summed E-state index contributed by atoms with van der Waals surface area (Å²) in [6.45, 7) is 3.50. The van der Waals surface area contributed by atoms with Gasteiger partial charge in [0.1, 0.15) is 5.82 Å². The SMILES string of the molecule is CCOCCn1c(=NC(=O)c2cc(-c3ccccc3)nc3ccccc23)sc2cc(F)ccc21. The largest absolute Gasteiger partial charge is 0.380 e. The molecule has 3 aromatic carbocycles. The number of hydrogen-bond acceptors (Lipinski definition) is 4. The Hall–Kier alpha value is -3.68. The van der Waals surface area contributed by atoms with Gasteiger partial charge in [0, 0.05) is 24.1 Å². The van der Waals surface area contributed by atoms with Crippen molar-refractivity contribution < 1.29 is 13.9 Å². The molecule has 0 aliphatic carbocycles. The van der Waals surface area contributed by atoms with E-state index in [1.165, 1.54) is 23.5 Å². The molecular weight excluding hydrogens is 449 g/mol. The van der Waals surface area contributed by atoms with E-state index in [2.05, 4.69) is 4.99 Å². The number of halogens is 1. The molecule has 0 unspecified atom stereocenters. The topological polar surface area (TPSA) is 56.5 Å². The monoisotopic (exact) mass is 471 g/mol. The van der Waals surface area contributed by atoms with E-state index >= 15 is 0 Å². The van der Waals surface area contributed by atoms with Gasteiger partial charge in [0.15, 0.2) is 4.80 Å². The molecule has 7 heteroatoms. The lowest BCUT2D eigenvalue weighted by Gasteiger charge is -2.08. The molecule has 34 heavy (non-hydrogen) atoms. The maximum atomic E-state index is 13.9. The number of aromatic nitrogens is 2. The summed E-state index contributed by atoms with van der Waals surface area (Å²) in [5.74, 6) is -0.691. The van der Waals surface area contributed by atoms with Crippen LogP contribution in [0.5, 0.6) is 0 Å². The van der Waals surface area contributed by atoms with Crippen molar-refractivity contribution in [2.45, 2.75) is 13.5 Å². The molecule has 0 bridgehead atoms. The predicted molar refractivity (Wildman–Crippen MR) is 133 cm³/mol. The van der Waals surface area contributed by atoms with Gasteiger partial charge in [-0.3, -0.25) is 4.79 Å². The molecule has 0 atom stereocenters. The van der Waals surface area contributed by atoms with Crippen molar-refractivity contribution in [3.8, 4) is 11.3 Å². The van der Waals surface area contributed by atoms with Crippen LogP contribution >= 0.6 is 11.3 Å². The van der Waals surface area contributed by atoms with Crippen molar-refractivity contribution in [3.63, 3.8) is 0 Å². The van der Waals surface area contributed by atoms with Gasteiger partial charge in [0.2, 0.25) is 0 Å². The number of ether oxygens (including phenoxy) is 1. The second-order valence-corrected chi connectivity index (χ2v) is 8.71. The number of para-hydroxylation sites is 1. The van der Waals surface area contributed by atoms with Crippen molar-refractivity contribution in [3.05, 3.63) is 95.0 Å². The van der Waals surface area contributed by atoms with Gasteiger partial charge >= 0.3 is 0 Å². The van der Waals surface area contributed by atoms with Gasteiger partial charge in [-0.2, -0.15) is 4.99 Å². The summed E-state index contributed by atoms with van der Waals surface area (Å²) in [5, 5.41) is 0.740. The summed E-state index contributed by atoms with van der Waals surface area (Å²) >= 11 is 1.29. The number of fused-ring (bicyclic) bond motifs is 2. The highest BCUT2D eigenvalue weighted by atomic mass is 32.1. The van der Waals surface area contributed by atoms with Crippen LogP contribution in [0.3, 0.4) is 0 Å². The first-order valence-corrected chi connectivity index (χ1v) is 11.9. The number of nitrogens with zero attached hydrogens (tertiary/aromatic N) is 3. The summed E-state index contributed by atoms with van der Waals surface area (Å²) in [7, 11) is 0. The molecule has 0 aliphatic heterocycles. The lowest BCUT2D eigenvalue weighted by atomic mass is 10.0. The molecule has 2 heterocycles. The average molecular weight is 472 g/mol. The van der Waals surface area contributed by atoms with Crippen LogP contribution in [0.15, 0.2) is 83.9 Å². The van der Waals surface area contributed by atoms with Crippen molar-refractivity contribution in [2.24, 2.45) is 4.99 Å². The van der Waals surface area contributed by atoms with Gasteiger partial charge in [-0.05, 0) is 37.3 Å². The first-order chi connectivity index (χ1) is 16.6. The first kappa shape index (κ1) is 22.1. The number of thiazole rings is 1. The van der Waals surface area contributed by atoms with Crippen LogP contribution < -0.4 is 4.80 Å². The molecule has 5 aromatic rings. The second-order valence-electron chi connectivity index (χ2n) is 7.70. The Balaban J connectivity index is 1.66. The summed E-state index contributed by atoms with van der Waals surface area (Å²) < 4.78 is 22.0. The van der Waals surface area contributed by atoms with Crippen molar-refractivity contribution in [1.82, 2.24) is 9.55 Å². The van der Waals surface area contributed by atoms with Gasteiger partial charge in [0.05, 0.1) is 33.6 Å². The molecule has 5 rings (SSSR count). The van der Waals surface area contributed by atoms with Gasteiger partial charge in [-0.15, -0.1) is 0 Å². The van der Waals surface area contributed by atoms with E-state index < -0.39 is 0 Å². The van der Waals surface area contributed by atoms with Crippen molar-refractivity contribution >= 4 is 38.4 Å². The summed E-state index contributed by atoms with van der Waals surface area (Å²) in [6, 6.07) is 23.7. The zero-order valence-electron chi connectivity index (χ0n) is 18.6. The molecule has 1 amide bonds. The van der Waals surface area contributed by atoms with Gasteiger partial charge < -0.3 is 9.30 Å². The van der Waals surface area contributed by atoms with Crippen LogP contribution in [0, 0.1) is 5.82 Å². The van der Waals surface area contributed by atoms with Crippen molar-refractivity contribution in [2.75, 3.05) is 13.2 Å². The molecule has 170 valence electrons. The lowest BCUT2D eigenvalue weighted by molar-refractivity contribution is 0.0998. The normalized spacial score (nSPS) is 12.0. The van der Waals surface area contributed by atoms with E-state index in [4.69, 9.17) is 9.72 Å². The summed E-state index contributed by atoms with van der Waals surface area (Å²) in [4.78, 5) is 23.3. The first-order valence-electron chi connectivity index (χ1n) is 11.0. The Morgan fingerprint density at radius 3 is 2.68 bits per heavy atom. The Morgan fingerprint density at radius 2 is 1.85 bits per heavy atom. The fourth-order valence-electron chi connectivity index (χ4n) is 3.90. The minimum absolute atomic E-state index is 0.323. The third kappa shape index (κ3) is 4.40. The Kier molecular flexibility index (Phi) is 6.29. The van der Waals surface area contributed by atoms with Gasteiger partial charge in [0.25, 0.3) is 5.91 Å². The highest BCUT2D eigenvalue weighted by molar-refractivity contribution is 7.16. The minimum Gasteiger partial charge on any atom is -0.380 e. The van der Waals surface area contributed by atoms with E-state index in [1.54, 1.807) is 12.1 Å². The molecule has 0 saturated carbocycles. The number of rotatable bonds is 6. The Morgan fingerprint density at radius 1 is 1.06 bits per heavy atom. The molecule has 2 aromatic heterocycles. The van der Waals surface area contributed by atoms with Crippen LogP contribution in [0.4, 0.5) is 4.39 Å². The highest BCUT2D eigenvalue weighted by Crippen LogP contribution is 2.25. The average Bonchev–Trinajstić information content (AvgIpc) is 3.19. The maximum absolute atomic E-state index is 13.9. The smallest absolute Gasteiger partial charge is 0.280 e. The van der Waals surface area contributed by atoms with Crippen LogP contribution in [0.2, 0.25) is 0 Å². The molecule has 0 fully saturated rings. The number of hydrogen-bond donors (Lipinski definition) is 0. The van der Waals surface area contributed by atoms with Gasteiger partial charge in [-0.1, -0.05) is 59.9 Å². The predicted octanol–water partition coefficient (Wildman–Crippen LogP) is 5.83. The van der Waals surface area contributed by atoms with E-state index in [1.807, 2.05) is 66.1 Å². The standard InChI is InChI=1S/C27H22FN3O2S/c1-2-33-15-14-31-24-13-12-19(28)16-25(24)34-27(31)30-26(32)21-17-23(18-8-4-3-5-9-18)29-22-11-7-6-10-20(21)22/h3-13,16-17H,2,14-15H2,1H3. The fourth-order valence-corrected chi connectivity index (χ4v) is 4.98. The summed E-state index contributed by atoms with van der Waals surface area (Å²) in [5.41, 5.74) is 3.66. The number of amides is 1. The van der Waals surface area contributed by atoms with Crippen LogP contribution in [0.1, 0.15) is 17.3 Å². The zero-order chi connectivity index (χ0) is 23.5. The highest BCUT2D eigenvalue weighted by Gasteiger charge is 2.15. The molecule has 5 nitrogen and oxygen atoms in total. The molecule has 0 N–H and O–H groups in total. The Labute approximate surface area is 199 Å². The Bertz CT molecular complexity index is 1560. The molecule has 0 aliphatic rings. The molecule has 0 radical (unpaired) electrons. The lowest BCUT2D eigenvalue weighted by Crippen LogP contribution is -2.20. The van der Waals surface area contributed by atoms with E-state index in [9.17, 15) is 9.18 Å². The second kappa shape index (κ2) is 9.67. The fraction of sp³-hybridized carbons (Fsp3) is 0.148.